The van der Waals surface area contributed by atoms with Gasteiger partial charge in [0.05, 0.1) is 15.5 Å². The molecule has 9 heteroatoms. The van der Waals surface area contributed by atoms with Gasteiger partial charge >= 0.3 is 6.09 Å². The Balaban J connectivity index is 2.68. The summed E-state index contributed by atoms with van der Waals surface area (Å²) >= 11 is 0. The molecule has 0 aromatic heterocycles. The minimum atomic E-state index is -3.34. The summed E-state index contributed by atoms with van der Waals surface area (Å²) in [5.41, 5.74) is 7.72. The lowest BCUT2D eigenvalue weighted by atomic mass is 9.92. The number of hydrogen-bond acceptors (Lipinski definition) is 5. The van der Waals surface area contributed by atoms with Crippen LogP contribution in [0.5, 0.6) is 0 Å². The number of nitrogens with two attached hydrogens (primary N) is 1. The Kier molecular flexibility index (Phi) is 5.53. The van der Waals surface area contributed by atoms with E-state index in [1.54, 1.807) is 19.1 Å². The number of aliphatic imine (C=N–C) groups is 1. The fourth-order valence-corrected chi connectivity index (χ4v) is 5.02. The Morgan fingerprint density at radius 1 is 1.36 bits per heavy atom. The number of carbonyl (C=O) groups excluding carboxylic acids is 1. The standard InChI is InChI=1S/C19H26FN3O3SSi/c1-18(2)16(26-17(21)24)23-19(3,12-27(18,22)25)14-11-13(7-8-15(14)20)9-10-28(4,5)6/h7-8,11,22H,12H2,1-6H3,(H2,21,24)/t19-,27+/m0/s1. The lowest BCUT2D eigenvalue weighted by Crippen LogP contribution is -2.53. The highest BCUT2D eigenvalue weighted by Crippen LogP contribution is 2.39. The predicted octanol–water partition coefficient (Wildman–Crippen LogP) is 3.60. The van der Waals surface area contributed by atoms with Crippen LogP contribution in [0, 0.1) is 22.1 Å². The molecular formula is C19H26FN3O3SSi. The second-order valence-corrected chi connectivity index (χ2v) is 16.0. The molecule has 1 aliphatic heterocycles. The van der Waals surface area contributed by atoms with Crippen LogP contribution in [-0.4, -0.2) is 34.8 Å². The van der Waals surface area contributed by atoms with Crippen LogP contribution < -0.4 is 5.73 Å². The molecule has 0 saturated heterocycles. The van der Waals surface area contributed by atoms with Gasteiger partial charge in [-0.25, -0.2) is 18.4 Å². The highest BCUT2D eigenvalue weighted by molar-refractivity contribution is 7.94. The molecule has 0 spiro atoms. The summed E-state index contributed by atoms with van der Waals surface area (Å²) in [5, 5.41) is 0. The largest absolute Gasteiger partial charge is 0.411 e. The molecule has 1 heterocycles. The zero-order valence-corrected chi connectivity index (χ0v) is 18.8. The van der Waals surface area contributed by atoms with Crippen molar-refractivity contribution >= 4 is 29.8 Å². The van der Waals surface area contributed by atoms with Crippen molar-refractivity contribution < 1.29 is 18.1 Å². The smallest absolute Gasteiger partial charge is 0.394 e. The van der Waals surface area contributed by atoms with Crippen molar-refractivity contribution in [2.45, 2.75) is 50.7 Å². The van der Waals surface area contributed by atoms with E-state index in [0.717, 1.165) is 0 Å². The van der Waals surface area contributed by atoms with Gasteiger partial charge in [-0.05, 0) is 39.0 Å². The maximum absolute atomic E-state index is 14.7. The van der Waals surface area contributed by atoms with E-state index in [2.05, 4.69) is 36.1 Å². The minimum Gasteiger partial charge on any atom is -0.394 e. The van der Waals surface area contributed by atoms with Crippen molar-refractivity contribution in [2.75, 3.05) is 5.75 Å². The molecule has 1 amide bonds. The average molecular weight is 424 g/mol. The van der Waals surface area contributed by atoms with Crippen LogP contribution >= 0.6 is 0 Å². The fourth-order valence-electron chi connectivity index (χ4n) is 2.76. The first kappa shape index (κ1) is 22.1. The highest BCUT2D eigenvalue weighted by Gasteiger charge is 2.49. The van der Waals surface area contributed by atoms with E-state index < -0.39 is 40.0 Å². The second-order valence-electron chi connectivity index (χ2n) is 8.64. The number of primary amides is 1. The molecule has 0 radical (unpaired) electrons. The van der Waals surface area contributed by atoms with Gasteiger partial charge < -0.3 is 10.5 Å². The third-order valence-corrected chi connectivity index (χ3v) is 8.16. The first-order valence-electron chi connectivity index (χ1n) is 8.74. The molecular weight excluding hydrogens is 397 g/mol. The summed E-state index contributed by atoms with van der Waals surface area (Å²) in [4.78, 5) is 15.7. The van der Waals surface area contributed by atoms with Crippen LogP contribution in [0.25, 0.3) is 0 Å². The zero-order valence-electron chi connectivity index (χ0n) is 17.0. The van der Waals surface area contributed by atoms with Crippen LogP contribution in [0.3, 0.4) is 0 Å². The maximum Gasteiger partial charge on any atom is 0.411 e. The molecule has 3 N–H and O–H groups in total. The third-order valence-electron chi connectivity index (χ3n) is 4.50. The number of carbonyl (C=O) groups is 1. The van der Waals surface area contributed by atoms with Crippen molar-refractivity contribution in [2.24, 2.45) is 10.7 Å². The molecule has 28 heavy (non-hydrogen) atoms. The summed E-state index contributed by atoms with van der Waals surface area (Å²) in [7, 11) is -4.97. The van der Waals surface area contributed by atoms with Gasteiger partial charge in [0.2, 0.25) is 5.90 Å². The summed E-state index contributed by atoms with van der Waals surface area (Å²) in [5.74, 6) is 2.05. The van der Waals surface area contributed by atoms with Crippen molar-refractivity contribution in [3.8, 4) is 11.5 Å². The molecule has 1 aromatic rings. The number of halogens is 1. The SMILES string of the molecule is CC1(C)C(OC(N)=O)=N[C@](C)(c2cc(C#C[Si](C)(C)C)ccc2F)C[S@@]1(=N)=O. The second kappa shape index (κ2) is 7.01. The van der Waals surface area contributed by atoms with Gasteiger partial charge in [0.1, 0.15) is 24.2 Å². The van der Waals surface area contributed by atoms with E-state index in [4.69, 9.17) is 15.3 Å². The van der Waals surface area contributed by atoms with E-state index in [9.17, 15) is 13.4 Å². The summed E-state index contributed by atoms with van der Waals surface area (Å²) in [6.45, 7) is 10.9. The van der Waals surface area contributed by atoms with Gasteiger partial charge in [-0.3, -0.25) is 4.78 Å². The molecule has 2 rings (SSSR count). The van der Waals surface area contributed by atoms with Crippen molar-refractivity contribution in [3.63, 3.8) is 0 Å². The van der Waals surface area contributed by atoms with Crippen LogP contribution in [0.1, 0.15) is 31.9 Å². The fraction of sp³-hybridized carbons (Fsp3) is 0.474. The van der Waals surface area contributed by atoms with Gasteiger partial charge in [0, 0.05) is 11.1 Å². The van der Waals surface area contributed by atoms with Crippen LogP contribution in [0.4, 0.5) is 9.18 Å². The van der Waals surface area contributed by atoms with Gasteiger partial charge in [0.25, 0.3) is 0 Å². The third kappa shape index (κ3) is 4.44. The normalized spacial score (nSPS) is 26.6. The van der Waals surface area contributed by atoms with E-state index in [1.807, 2.05) is 0 Å². The molecule has 6 nitrogen and oxygen atoms in total. The summed E-state index contributed by atoms with van der Waals surface area (Å²) < 4.78 is 39.8. The first-order chi connectivity index (χ1) is 12.6. The highest BCUT2D eigenvalue weighted by atomic mass is 32.2. The lowest BCUT2D eigenvalue weighted by Gasteiger charge is -2.39. The van der Waals surface area contributed by atoms with Crippen LogP contribution in [0.15, 0.2) is 23.2 Å². The molecule has 0 saturated carbocycles. The molecule has 2 atom stereocenters. The van der Waals surface area contributed by atoms with Crippen molar-refractivity contribution in [1.82, 2.24) is 0 Å². The molecule has 0 fully saturated rings. The van der Waals surface area contributed by atoms with Gasteiger partial charge in [-0.1, -0.05) is 25.6 Å². The lowest BCUT2D eigenvalue weighted by molar-refractivity contribution is 0.204. The zero-order chi connectivity index (χ0) is 21.5. The topological polar surface area (TPSA) is 106 Å². The van der Waals surface area contributed by atoms with Gasteiger partial charge in [-0.15, -0.1) is 5.54 Å². The van der Waals surface area contributed by atoms with Gasteiger partial charge in [0.15, 0.2) is 0 Å². The summed E-state index contributed by atoms with van der Waals surface area (Å²) in [6.07, 6.45) is -1.12. The monoisotopic (exact) mass is 423 g/mol. The molecule has 0 bridgehead atoms. The number of nitrogens with one attached hydrogen (secondary N) is 1. The minimum absolute atomic E-state index is 0.149. The molecule has 0 unspecified atom stereocenters. The number of benzene rings is 1. The van der Waals surface area contributed by atoms with E-state index in [-0.39, 0.29) is 17.2 Å². The number of amides is 1. The Hall–Kier alpha value is -2.18. The molecule has 0 aliphatic carbocycles. The Bertz CT molecular complexity index is 1020. The number of ether oxygens (including phenoxy) is 1. The number of hydrogen-bond donors (Lipinski definition) is 2. The van der Waals surface area contributed by atoms with E-state index in [0.29, 0.717) is 5.56 Å². The van der Waals surface area contributed by atoms with Crippen molar-refractivity contribution in [1.29, 1.82) is 4.78 Å². The number of nitrogens with zero attached hydrogens (tertiary/aromatic N) is 1. The molecule has 152 valence electrons. The summed E-state index contributed by atoms with van der Waals surface area (Å²) in [6, 6.07) is 4.41. The van der Waals surface area contributed by atoms with E-state index >= 15 is 0 Å². The Morgan fingerprint density at radius 2 is 1.96 bits per heavy atom. The average Bonchev–Trinajstić information content (AvgIpc) is 2.50. The maximum atomic E-state index is 14.7. The predicted molar refractivity (Wildman–Crippen MR) is 112 cm³/mol. The van der Waals surface area contributed by atoms with E-state index in [1.165, 1.54) is 19.9 Å². The number of rotatable bonds is 1. The molecule has 1 aromatic carbocycles. The Morgan fingerprint density at radius 3 is 2.50 bits per heavy atom. The molecule has 1 aliphatic rings. The van der Waals surface area contributed by atoms with Gasteiger partial charge in [-0.2, -0.15) is 0 Å². The quantitative estimate of drug-likeness (QED) is 0.532. The van der Waals surface area contributed by atoms with Crippen LogP contribution in [-0.2, 0) is 20.0 Å². The van der Waals surface area contributed by atoms with Crippen LogP contribution in [0.2, 0.25) is 19.6 Å². The Labute approximate surface area is 166 Å². The van der Waals surface area contributed by atoms with Crippen molar-refractivity contribution in [3.05, 3.63) is 35.1 Å². The first-order valence-corrected chi connectivity index (χ1v) is 14.0.